The Bertz CT molecular complexity index is 873. The van der Waals surface area contributed by atoms with E-state index in [1.54, 1.807) is 18.2 Å². The van der Waals surface area contributed by atoms with Crippen molar-refractivity contribution in [2.75, 3.05) is 11.9 Å². The van der Waals surface area contributed by atoms with Crippen molar-refractivity contribution in [3.63, 3.8) is 0 Å². The summed E-state index contributed by atoms with van der Waals surface area (Å²) < 4.78 is 0. The fraction of sp³-hybridized carbons (Fsp3) is 0.0556. The molecular formula is C18H14ClN3O2S. The summed E-state index contributed by atoms with van der Waals surface area (Å²) >= 11 is 7.41. The average molecular weight is 372 g/mol. The van der Waals surface area contributed by atoms with Gasteiger partial charge in [-0.05, 0) is 36.4 Å². The first kappa shape index (κ1) is 17.3. The van der Waals surface area contributed by atoms with Gasteiger partial charge in [0.05, 0.1) is 0 Å². The molecule has 0 saturated heterocycles. The van der Waals surface area contributed by atoms with E-state index in [1.807, 2.05) is 42.5 Å². The van der Waals surface area contributed by atoms with Crippen LogP contribution in [-0.2, 0) is 4.79 Å². The van der Waals surface area contributed by atoms with Crippen LogP contribution < -0.4 is 5.32 Å². The molecule has 0 radical (unpaired) electrons. The third-order valence-electron chi connectivity index (χ3n) is 3.19. The van der Waals surface area contributed by atoms with Crippen LogP contribution in [0.1, 0.15) is 0 Å². The highest BCUT2D eigenvalue weighted by atomic mass is 35.5. The zero-order chi connectivity index (χ0) is 17.6. The smallest absolute Gasteiger partial charge is 0.322 e. The van der Waals surface area contributed by atoms with Crippen LogP contribution in [0.2, 0.25) is 5.02 Å². The molecule has 0 bridgehead atoms. The predicted molar refractivity (Wildman–Crippen MR) is 99.2 cm³/mol. The topological polar surface area (TPSA) is 75.1 Å². The summed E-state index contributed by atoms with van der Waals surface area (Å²) in [4.78, 5) is 20.8. The van der Waals surface area contributed by atoms with Crippen LogP contribution in [0, 0.1) is 0 Å². The molecule has 0 fully saturated rings. The first-order valence-electron chi connectivity index (χ1n) is 7.44. The van der Waals surface area contributed by atoms with Crippen LogP contribution in [0.4, 0.5) is 5.82 Å². The quantitative estimate of drug-likeness (QED) is 0.624. The molecule has 2 aromatic carbocycles. The lowest BCUT2D eigenvalue weighted by molar-refractivity contribution is -0.134. The van der Waals surface area contributed by atoms with Crippen molar-refractivity contribution in [1.82, 2.24) is 9.97 Å². The Hall–Kier alpha value is -2.57. The van der Waals surface area contributed by atoms with Crippen molar-refractivity contribution in [3.05, 3.63) is 65.7 Å². The molecule has 5 nitrogen and oxygen atoms in total. The second-order valence-corrected chi connectivity index (χ2v) is 6.61. The van der Waals surface area contributed by atoms with E-state index in [1.165, 1.54) is 11.8 Å². The highest BCUT2D eigenvalue weighted by molar-refractivity contribution is 7.99. The van der Waals surface area contributed by atoms with Crippen LogP contribution >= 0.6 is 23.4 Å². The number of carboxylic acid groups (broad SMARTS) is 1. The number of hydrogen-bond donors (Lipinski definition) is 2. The van der Waals surface area contributed by atoms with Gasteiger partial charge in [-0.2, -0.15) is 0 Å². The van der Waals surface area contributed by atoms with Crippen LogP contribution in [0.3, 0.4) is 0 Å². The molecule has 0 atom stereocenters. The van der Waals surface area contributed by atoms with Crippen molar-refractivity contribution >= 4 is 35.1 Å². The monoisotopic (exact) mass is 371 g/mol. The van der Waals surface area contributed by atoms with E-state index >= 15 is 0 Å². The Morgan fingerprint density at radius 1 is 1.08 bits per heavy atom. The third kappa shape index (κ3) is 4.95. The van der Waals surface area contributed by atoms with Crippen LogP contribution in [0.5, 0.6) is 0 Å². The Kier molecular flexibility index (Phi) is 5.53. The lowest BCUT2D eigenvalue weighted by atomic mass is 10.2. The van der Waals surface area contributed by atoms with Gasteiger partial charge in [0.25, 0.3) is 0 Å². The van der Waals surface area contributed by atoms with Crippen molar-refractivity contribution in [1.29, 1.82) is 0 Å². The Morgan fingerprint density at radius 2 is 1.80 bits per heavy atom. The van der Waals surface area contributed by atoms with Crippen LogP contribution in [0.15, 0.2) is 70.6 Å². The zero-order valence-electron chi connectivity index (χ0n) is 13.0. The standard InChI is InChI=1S/C18H14ClN3O2S/c19-13-8-6-12(7-9-13)18-21-15(20-11-17(23)24)10-16(22-18)25-14-4-2-1-3-5-14/h1-10H,11H2,(H,23,24)(H,20,21,22). The molecule has 3 rings (SSSR count). The lowest BCUT2D eigenvalue weighted by Gasteiger charge is -2.09. The first-order chi connectivity index (χ1) is 12.1. The second kappa shape index (κ2) is 8.00. The predicted octanol–water partition coefficient (Wildman–Crippen LogP) is 4.44. The first-order valence-corrected chi connectivity index (χ1v) is 8.63. The average Bonchev–Trinajstić information content (AvgIpc) is 2.61. The van der Waals surface area contributed by atoms with E-state index < -0.39 is 5.97 Å². The summed E-state index contributed by atoms with van der Waals surface area (Å²) in [7, 11) is 0. The summed E-state index contributed by atoms with van der Waals surface area (Å²) in [6, 6.07) is 18.7. The number of anilines is 1. The molecule has 0 aliphatic rings. The van der Waals surface area contributed by atoms with Crippen molar-refractivity contribution < 1.29 is 9.90 Å². The van der Waals surface area contributed by atoms with Gasteiger partial charge in [-0.1, -0.05) is 41.6 Å². The molecule has 7 heteroatoms. The molecule has 25 heavy (non-hydrogen) atoms. The van der Waals surface area contributed by atoms with Gasteiger partial charge in [0, 0.05) is 21.5 Å². The van der Waals surface area contributed by atoms with Crippen molar-refractivity contribution in [2.24, 2.45) is 0 Å². The third-order valence-corrected chi connectivity index (χ3v) is 4.37. The summed E-state index contributed by atoms with van der Waals surface area (Å²) in [5.41, 5.74) is 0.804. The molecule has 0 aliphatic carbocycles. The van der Waals surface area contributed by atoms with Gasteiger partial charge in [0.2, 0.25) is 0 Å². The van der Waals surface area contributed by atoms with Gasteiger partial charge >= 0.3 is 5.97 Å². The maximum atomic E-state index is 10.8. The van der Waals surface area contributed by atoms with Crippen molar-refractivity contribution in [2.45, 2.75) is 9.92 Å². The van der Waals surface area contributed by atoms with E-state index in [-0.39, 0.29) is 6.54 Å². The number of carbonyl (C=O) groups is 1. The van der Waals surface area contributed by atoms with E-state index in [0.29, 0.717) is 16.7 Å². The highest BCUT2D eigenvalue weighted by Crippen LogP contribution is 2.29. The highest BCUT2D eigenvalue weighted by Gasteiger charge is 2.09. The van der Waals surface area contributed by atoms with Crippen molar-refractivity contribution in [3.8, 4) is 11.4 Å². The SMILES string of the molecule is O=C(O)CNc1cc(Sc2ccccc2)nc(-c2ccc(Cl)cc2)n1. The minimum Gasteiger partial charge on any atom is -0.480 e. The number of benzene rings is 2. The maximum absolute atomic E-state index is 10.8. The molecule has 3 aromatic rings. The van der Waals surface area contributed by atoms with E-state index in [0.717, 1.165) is 15.5 Å². The summed E-state index contributed by atoms with van der Waals surface area (Å²) in [6.07, 6.45) is 0. The minimum atomic E-state index is -0.955. The fourth-order valence-corrected chi connectivity index (χ4v) is 3.03. The number of halogens is 1. The maximum Gasteiger partial charge on any atom is 0.322 e. The largest absolute Gasteiger partial charge is 0.480 e. The molecule has 0 aliphatic heterocycles. The fourth-order valence-electron chi connectivity index (χ4n) is 2.07. The molecule has 1 aromatic heterocycles. The number of rotatable bonds is 6. The number of hydrogen-bond acceptors (Lipinski definition) is 5. The van der Waals surface area contributed by atoms with Crippen LogP contribution in [-0.4, -0.2) is 27.6 Å². The van der Waals surface area contributed by atoms with Gasteiger partial charge in [-0.25, -0.2) is 9.97 Å². The molecule has 126 valence electrons. The van der Waals surface area contributed by atoms with E-state index in [4.69, 9.17) is 16.7 Å². The van der Waals surface area contributed by atoms with Gasteiger partial charge in [0.1, 0.15) is 17.4 Å². The number of nitrogens with zero attached hydrogens (tertiary/aromatic N) is 2. The molecular weight excluding hydrogens is 358 g/mol. The van der Waals surface area contributed by atoms with E-state index in [2.05, 4.69) is 15.3 Å². The zero-order valence-corrected chi connectivity index (χ0v) is 14.6. The van der Waals surface area contributed by atoms with Gasteiger partial charge in [0.15, 0.2) is 5.82 Å². The van der Waals surface area contributed by atoms with E-state index in [9.17, 15) is 4.79 Å². The van der Waals surface area contributed by atoms with Crippen LogP contribution in [0.25, 0.3) is 11.4 Å². The molecule has 0 saturated carbocycles. The second-order valence-electron chi connectivity index (χ2n) is 5.08. The lowest BCUT2D eigenvalue weighted by Crippen LogP contribution is -2.13. The molecule has 1 heterocycles. The molecule has 0 spiro atoms. The number of nitrogens with one attached hydrogen (secondary N) is 1. The van der Waals surface area contributed by atoms with Gasteiger partial charge in [-0.15, -0.1) is 0 Å². The number of aromatic nitrogens is 2. The molecule has 2 N–H and O–H groups in total. The summed E-state index contributed by atoms with van der Waals surface area (Å²) in [6.45, 7) is -0.216. The summed E-state index contributed by atoms with van der Waals surface area (Å²) in [5, 5.41) is 13.0. The summed E-state index contributed by atoms with van der Waals surface area (Å²) in [5.74, 6) is 0.00943. The Labute approximate surface area is 154 Å². The molecule has 0 unspecified atom stereocenters. The Balaban J connectivity index is 1.95. The van der Waals surface area contributed by atoms with Gasteiger partial charge < -0.3 is 10.4 Å². The Morgan fingerprint density at radius 3 is 2.48 bits per heavy atom. The minimum absolute atomic E-state index is 0.216. The normalized spacial score (nSPS) is 10.4. The molecule has 0 amide bonds. The van der Waals surface area contributed by atoms with Gasteiger partial charge in [-0.3, -0.25) is 4.79 Å². The number of carboxylic acids is 1. The number of aliphatic carboxylic acids is 1.